The Balaban J connectivity index is 2.12. The van der Waals surface area contributed by atoms with E-state index in [1.54, 1.807) is 13.1 Å². The monoisotopic (exact) mass is 317 g/mol. The molecule has 2 atom stereocenters. The predicted molar refractivity (Wildman–Crippen MR) is 81.6 cm³/mol. The van der Waals surface area contributed by atoms with Crippen LogP contribution in [0.2, 0.25) is 0 Å². The van der Waals surface area contributed by atoms with Gasteiger partial charge in [0.1, 0.15) is 4.21 Å². The summed E-state index contributed by atoms with van der Waals surface area (Å²) in [7, 11) is -1.81. The van der Waals surface area contributed by atoms with Crippen molar-refractivity contribution in [1.29, 1.82) is 0 Å². The minimum Gasteiger partial charge on any atom is -0.393 e. The Morgan fingerprint density at radius 3 is 2.55 bits per heavy atom. The molecule has 1 aliphatic carbocycles. The second kappa shape index (κ2) is 6.13. The second-order valence-corrected chi connectivity index (χ2v) is 9.23. The van der Waals surface area contributed by atoms with Gasteiger partial charge >= 0.3 is 0 Å². The number of hydrogen-bond donors (Lipinski definition) is 1. The molecule has 1 aromatic heterocycles. The van der Waals surface area contributed by atoms with Crippen molar-refractivity contribution in [3.63, 3.8) is 0 Å². The number of rotatable bonds is 4. The van der Waals surface area contributed by atoms with Crippen LogP contribution < -0.4 is 0 Å². The number of hydrogen-bond acceptors (Lipinski definition) is 4. The zero-order valence-electron chi connectivity index (χ0n) is 12.3. The summed E-state index contributed by atoms with van der Waals surface area (Å²) in [5, 5.41) is 9.98. The fourth-order valence-corrected chi connectivity index (χ4v) is 5.61. The van der Waals surface area contributed by atoms with Crippen LogP contribution in [0.4, 0.5) is 0 Å². The van der Waals surface area contributed by atoms with Crippen molar-refractivity contribution in [2.45, 2.75) is 49.8 Å². The van der Waals surface area contributed by atoms with Crippen LogP contribution in [0.1, 0.15) is 36.1 Å². The highest BCUT2D eigenvalue weighted by Gasteiger charge is 2.30. The molecule has 114 valence electrons. The van der Waals surface area contributed by atoms with Gasteiger partial charge in [0.15, 0.2) is 0 Å². The smallest absolute Gasteiger partial charge is 0.252 e. The van der Waals surface area contributed by atoms with E-state index in [2.05, 4.69) is 0 Å². The molecule has 20 heavy (non-hydrogen) atoms. The van der Waals surface area contributed by atoms with Crippen molar-refractivity contribution in [3.05, 3.63) is 16.5 Å². The standard InChI is InChI=1S/C14H23NO3S2/c1-10-8-14(19-11(10)2)20(17,18)15(3)9-12-6-4-5-7-13(12)16/h8,12-13,16H,4-7,9H2,1-3H3. The van der Waals surface area contributed by atoms with Gasteiger partial charge in [0.05, 0.1) is 6.10 Å². The third-order valence-electron chi connectivity index (χ3n) is 4.17. The summed E-state index contributed by atoms with van der Waals surface area (Å²) in [6, 6.07) is 1.74. The SMILES string of the molecule is Cc1cc(S(=O)(=O)N(C)CC2CCCCC2O)sc1C. The summed E-state index contributed by atoms with van der Waals surface area (Å²) in [6.45, 7) is 4.26. The summed E-state index contributed by atoms with van der Waals surface area (Å²) < 4.78 is 26.9. The molecule has 0 saturated heterocycles. The number of sulfonamides is 1. The summed E-state index contributed by atoms with van der Waals surface area (Å²) >= 11 is 1.32. The van der Waals surface area contributed by atoms with Gasteiger partial charge in [0.25, 0.3) is 10.0 Å². The first kappa shape index (κ1) is 15.9. The Morgan fingerprint density at radius 2 is 2.00 bits per heavy atom. The third-order valence-corrected chi connectivity index (χ3v) is 7.59. The molecule has 1 saturated carbocycles. The molecule has 0 radical (unpaired) electrons. The maximum atomic E-state index is 12.5. The first-order valence-corrected chi connectivity index (χ1v) is 9.29. The van der Waals surface area contributed by atoms with Gasteiger partial charge in [-0.25, -0.2) is 8.42 Å². The maximum Gasteiger partial charge on any atom is 0.252 e. The van der Waals surface area contributed by atoms with Crippen LogP contribution in [-0.4, -0.2) is 37.5 Å². The largest absolute Gasteiger partial charge is 0.393 e. The molecule has 0 amide bonds. The molecule has 4 nitrogen and oxygen atoms in total. The van der Waals surface area contributed by atoms with Crippen molar-refractivity contribution in [3.8, 4) is 0 Å². The molecule has 0 spiro atoms. The first-order chi connectivity index (χ1) is 9.32. The van der Waals surface area contributed by atoms with Crippen LogP contribution >= 0.6 is 11.3 Å². The van der Waals surface area contributed by atoms with Gasteiger partial charge in [-0.15, -0.1) is 11.3 Å². The topological polar surface area (TPSA) is 57.6 Å². The van der Waals surface area contributed by atoms with E-state index >= 15 is 0 Å². The lowest BCUT2D eigenvalue weighted by atomic mass is 9.86. The van der Waals surface area contributed by atoms with Crippen LogP contribution in [-0.2, 0) is 10.0 Å². The van der Waals surface area contributed by atoms with Crippen molar-refractivity contribution < 1.29 is 13.5 Å². The zero-order chi connectivity index (χ0) is 14.9. The molecular weight excluding hydrogens is 294 g/mol. The van der Waals surface area contributed by atoms with Gasteiger partial charge in [-0.2, -0.15) is 4.31 Å². The van der Waals surface area contributed by atoms with E-state index in [0.717, 1.165) is 36.1 Å². The van der Waals surface area contributed by atoms with Gasteiger partial charge in [-0.05, 0) is 44.2 Å². The molecule has 1 heterocycles. The molecular formula is C14H23NO3S2. The minimum absolute atomic E-state index is 0.0608. The summed E-state index contributed by atoms with van der Waals surface area (Å²) in [5.41, 5.74) is 1.01. The fourth-order valence-electron chi connectivity index (χ4n) is 2.65. The molecule has 0 aromatic carbocycles. The molecule has 1 N–H and O–H groups in total. The summed E-state index contributed by atoms with van der Waals surface area (Å²) in [5.74, 6) is 0.0608. The highest BCUT2D eigenvalue weighted by atomic mass is 32.2. The molecule has 2 rings (SSSR count). The van der Waals surface area contributed by atoms with E-state index in [9.17, 15) is 13.5 Å². The summed E-state index contributed by atoms with van der Waals surface area (Å²) in [4.78, 5) is 1.04. The Hall–Kier alpha value is -0.430. The Morgan fingerprint density at radius 1 is 1.35 bits per heavy atom. The zero-order valence-corrected chi connectivity index (χ0v) is 13.9. The van der Waals surface area contributed by atoms with E-state index in [-0.39, 0.29) is 12.0 Å². The highest BCUT2D eigenvalue weighted by molar-refractivity contribution is 7.91. The molecule has 1 aromatic rings. The van der Waals surface area contributed by atoms with Crippen LogP contribution in [0.15, 0.2) is 10.3 Å². The number of aliphatic hydroxyl groups excluding tert-OH is 1. The van der Waals surface area contributed by atoms with Crippen LogP contribution in [0, 0.1) is 19.8 Å². The first-order valence-electron chi connectivity index (χ1n) is 7.04. The normalized spacial score (nSPS) is 24.2. The fraction of sp³-hybridized carbons (Fsp3) is 0.714. The predicted octanol–water partition coefficient (Wildman–Crippen LogP) is 2.54. The van der Waals surface area contributed by atoms with Gasteiger partial charge in [-0.1, -0.05) is 12.8 Å². The van der Waals surface area contributed by atoms with Crippen LogP contribution in [0.25, 0.3) is 0 Å². The lowest BCUT2D eigenvalue weighted by Crippen LogP contribution is -2.37. The molecule has 1 fully saturated rings. The number of aryl methyl sites for hydroxylation is 2. The number of nitrogens with zero attached hydrogens (tertiary/aromatic N) is 1. The lowest BCUT2D eigenvalue weighted by Gasteiger charge is -2.30. The van der Waals surface area contributed by atoms with Crippen LogP contribution in [0.3, 0.4) is 0 Å². The molecule has 0 aliphatic heterocycles. The molecule has 0 bridgehead atoms. The minimum atomic E-state index is -3.42. The van der Waals surface area contributed by atoms with Crippen molar-refractivity contribution in [2.75, 3.05) is 13.6 Å². The highest BCUT2D eigenvalue weighted by Crippen LogP contribution is 2.30. The molecule has 1 aliphatic rings. The van der Waals surface area contributed by atoms with Crippen molar-refractivity contribution in [1.82, 2.24) is 4.31 Å². The van der Waals surface area contributed by atoms with Gasteiger partial charge in [0.2, 0.25) is 0 Å². The Kier molecular flexibility index (Phi) is 4.89. The maximum absolute atomic E-state index is 12.5. The molecule has 6 heteroatoms. The average molecular weight is 317 g/mol. The van der Waals surface area contributed by atoms with Gasteiger partial charge in [0, 0.05) is 18.5 Å². The van der Waals surface area contributed by atoms with E-state index in [0.29, 0.717) is 10.8 Å². The van der Waals surface area contributed by atoms with E-state index in [1.807, 2.05) is 13.8 Å². The van der Waals surface area contributed by atoms with Gasteiger partial charge < -0.3 is 5.11 Å². The van der Waals surface area contributed by atoms with E-state index in [4.69, 9.17) is 0 Å². The lowest BCUT2D eigenvalue weighted by molar-refractivity contribution is 0.0621. The average Bonchev–Trinajstić information content (AvgIpc) is 2.73. The van der Waals surface area contributed by atoms with Crippen molar-refractivity contribution >= 4 is 21.4 Å². The van der Waals surface area contributed by atoms with Gasteiger partial charge in [-0.3, -0.25) is 0 Å². The Labute approximate surface area is 125 Å². The Bertz CT molecular complexity index is 545. The number of thiophene rings is 1. The van der Waals surface area contributed by atoms with Crippen molar-refractivity contribution in [2.24, 2.45) is 5.92 Å². The number of aliphatic hydroxyl groups is 1. The molecule has 2 unspecified atom stereocenters. The quantitative estimate of drug-likeness (QED) is 0.928. The van der Waals surface area contributed by atoms with E-state index < -0.39 is 10.0 Å². The van der Waals surface area contributed by atoms with E-state index in [1.165, 1.54) is 15.6 Å². The van der Waals surface area contributed by atoms with Crippen LogP contribution in [0.5, 0.6) is 0 Å². The second-order valence-electron chi connectivity index (χ2n) is 5.70. The third kappa shape index (κ3) is 3.24. The summed E-state index contributed by atoms with van der Waals surface area (Å²) in [6.07, 6.45) is 3.44.